The first-order valence-corrected chi connectivity index (χ1v) is 11.6. The number of fused-ring (bicyclic) bond motifs is 2. The van der Waals surface area contributed by atoms with Crippen LogP contribution >= 0.6 is 11.3 Å². The molecule has 1 heterocycles. The van der Waals surface area contributed by atoms with E-state index in [-0.39, 0.29) is 16.4 Å². The molecular weight excluding hydrogens is 392 g/mol. The van der Waals surface area contributed by atoms with Gasteiger partial charge in [0, 0.05) is 17.2 Å². The van der Waals surface area contributed by atoms with Crippen LogP contribution in [0.15, 0.2) is 53.4 Å². The van der Waals surface area contributed by atoms with E-state index in [1.54, 1.807) is 12.1 Å². The molecule has 4 aromatic rings. The van der Waals surface area contributed by atoms with E-state index in [0.29, 0.717) is 5.13 Å². The number of thiazole rings is 1. The Morgan fingerprint density at radius 3 is 2.68 bits per heavy atom. The second-order valence-corrected chi connectivity index (χ2v) is 10.0. The fraction of sp³-hybridized carbons (Fsp3) is 0.143. The van der Waals surface area contributed by atoms with Crippen LogP contribution in [0.3, 0.4) is 0 Å². The summed E-state index contributed by atoms with van der Waals surface area (Å²) in [5.41, 5.74) is 3.87. The number of amides is 1. The normalized spacial score (nSPS) is 13.3. The van der Waals surface area contributed by atoms with Crippen molar-refractivity contribution in [3.63, 3.8) is 0 Å². The first-order chi connectivity index (χ1) is 13.4. The summed E-state index contributed by atoms with van der Waals surface area (Å²) in [5, 5.41) is 5.74. The Morgan fingerprint density at radius 1 is 1.07 bits per heavy atom. The van der Waals surface area contributed by atoms with Gasteiger partial charge >= 0.3 is 0 Å². The minimum absolute atomic E-state index is 0.120. The molecule has 1 aromatic heterocycles. The first-order valence-electron chi connectivity index (χ1n) is 8.86. The van der Waals surface area contributed by atoms with Gasteiger partial charge in [-0.1, -0.05) is 35.6 Å². The molecule has 0 saturated heterocycles. The van der Waals surface area contributed by atoms with Crippen molar-refractivity contribution in [3.8, 4) is 0 Å². The zero-order valence-electron chi connectivity index (χ0n) is 15.0. The van der Waals surface area contributed by atoms with Crippen molar-refractivity contribution >= 4 is 53.2 Å². The molecule has 1 N–H and O–H groups in total. The largest absolute Gasteiger partial charge is 0.298 e. The number of rotatable bonds is 3. The topological polar surface area (TPSA) is 76.1 Å². The van der Waals surface area contributed by atoms with Gasteiger partial charge in [-0.05, 0) is 53.6 Å². The average Bonchev–Trinajstić information content (AvgIpc) is 3.26. The third-order valence-electron chi connectivity index (χ3n) is 5.09. The molecule has 0 unspecified atom stereocenters. The zero-order chi connectivity index (χ0) is 19.5. The average molecular weight is 409 g/mol. The van der Waals surface area contributed by atoms with Gasteiger partial charge in [-0.3, -0.25) is 10.1 Å². The minimum atomic E-state index is -3.37. The molecule has 5 nitrogen and oxygen atoms in total. The van der Waals surface area contributed by atoms with E-state index in [1.165, 1.54) is 40.0 Å². The predicted molar refractivity (Wildman–Crippen MR) is 112 cm³/mol. The Hall–Kier alpha value is -2.77. The molecule has 3 aromatic carbocycles. The number of aromatic nitrogens is 1. The Morgan fingerprint density at radius 2 is 1.86 bits per heavy atom. The molecule has 0 spiro atoms. The first kappa shape index (κ1) is 17.3. The van der Waals surface area contributed by atoms with Crippen LogP contribution in [0.25, 0.3) is 21.0 Å². The van der Waals surface area contributed by atoms with Gasteiger partial charge in [0.1, 0.15) is 0 Å². The molecule has 0 aliphatic heterocycles. The summed E-state index contributed by atoms with van der Waals surface area (Å²) in [7, 11) is -3.37. The van der Waals surface area contributed by atoms with E-state index in [0.717, 1.165) is 34.7 Å². The molecule has 7 heteroatoms. The third-order valence-corrected chi connectivity index (χ3v) is 7.12. The highest BCUT2D eigenvalue weighted by Gasteiger charge is 2.19. The van der Waals surface area contributed by atoms with Gasteiger partial charge in [0.15, 0.2) is 15.0 Å². The van der Waals surface area contributed by atoms with E-state index in [1.807, 2.05) is 0 Å². The van der Waals surface area contributed by atoms with Crippen LogP contribution in [-0.4, -0.2) is 25.6 Å². The number of hydrogen-bond donors (Lipinski definition) is 1. The smallest absolute Gasteiger partial charge is 0.257 e. The van der Waals surface area contributed by atoms with E-state index in [2.05, 4.69) is 34.6 Å². The molecule has 0 saturated carbocycles. The molecule has 28 heavy (non-hydrogen) atoms. The molecule has 5 rings (SSSR count). The van der Waals surface area contributed by atoms with Gasteiger partial charge in [-0.15, -0.1) is 0 Å². The number of benzene rings is 3. The van der Waals surface area contributed by atoms with Crippen molar-refractivity contribution in [2.24, 2.45) is 0 Å². The van der Waals surface area contributed by atoms with Gasteiger partial charge in [0.2, 0.25) is 0 Å². The molecule has 1 aliphatic rings. The summed E-state index contributed by atoms with van der Waals surface area (Å²) >= 11 is 1.44. The van der Waals surface area contributed by atoms with Gasteiger partial charge in [0.05, 0.1) is 15.1 Å². The Labute approximate surface area is 166 Å². The molecule has 1 amide bonds. The standard InChI is InChI=1S/C21H16N2O3S2/c1-28(25,26)15-6-2-5-14(10-15)20(24)23-21-22-19-16-7-3-4-12-8-9-13(18(12)16)11-17(19)27-21/h2-7,10-11H,8-9H2,1H3,(H,22,23,24). The summed E-state index contributed by atoms with van der Waals surface area (Å²) in [5.74, 6) is -0.373. The number of hydrogen-bond acceptors (Lipinski definition) is 5. The van der Waals surface area contributed by atoms with Crippen LogP contribution in [0.2, 0.25) is 0 Å². The molecule has 0 atom stereocenters. The Kier molecular flexibility index (Phi) is 3.79. The highest BCUT2D eigenvalue weighted by Crippen LogP contribution is 2.39. The highest BCUT2D eigenvalue weighted by atomic mass is 32.2. The van der Waals surface area contributed by atoms with Crippen LogP contribution in [-0.2, 0) is 22.7 Å². The fourth-order valence-corrected chi connectivity index (χ4v) is 5.40. The monoisotopic (exact) mass is 408 g/mol. The number of nitrogens with one attached hydrogen (secondary N) is 1. The maximum absolute atomic E-state index is 12.6. The lowest BCUT2D eigenvalue weighted by Gasteiger charge is -2.04. The molecule has 1 aliphatic carbocycles. The second kappa shape index (κ2) is 6.12. The lowest BCUT2D eigenvalue weighted by molar-refractivity contribution is 0.102. The SMILES string of the molecule is CS(=O)(=O)c1cccc(C(=O)Nc2nc3c(cc4c5c(cccc53)CC4)s2)c1. The Balaban J connectivity index is 1.54. The number of nitrogens with zero attached hydrogens (tertiary/aromatic N) is 1. The highest BCUT2D eigenvalue weighted by molar-refractivity contribution is 7.90. The fourth-order valence-electron chi connectivity index (χ4n) is 3.80. The van der Waals surface area contributed by atoms with Crippen molar-refractivity contribution in [1.29, 1.82) is 0 Å². The van der Waals surface area contributed by atoms with Crippen LogP contribution in [0.4, 0.5) is 5.13 Å². The third kappa shape index (κ3) is 2.78. The maximum Gasteiger partial charge on any atom is 0.257 e. The van der Waals surface area contributed by atoms with Gasteiger partial charge < -0.3 is 0 Å². The number of sulfone groups is 1. The van der Waals surface area contributed by atoms with E-state index >= 15 is 0 Å². The van der Waals surface area contributed by atoms with E-state index in [9.17, 15) is 13.2 Å². The molecule has 140 valence electrons. The summed E-state index contributed by atoms with van der Waals surface area (Å²) in [6.07, 6.45) is 3.21. The van der Waals surface area contributed by atoms with E-state index < -0.39 is 9.84 Å². The van der Waals surface area contributed by atoms with Gasteiger partial charge in [-0.2, -0.15) is 0 Å². The van der Waals surface area contributed by atoms with Gasteiger partial charge in [-0.25, -0.2) is 13.4 Å². The molecule has 0 fully saturated rings. The minimum Gasteiger partial charge on any atom is -0.298 e. The summed E-state index contributed by atoms with van der Waals surface area (Å²) in [4.78, 5) is 17.4. The second-order valence-electron chi connectivity index (χ2n) is 7.00. The summed E-state index contributed by atoms with van der Waals surface area (Å²) in [6, 6.07) is 14.5. The van der Waals surface area contributed by atoms with Crippen LogP contribution in [0, 0.1) is 0 Å². The Bertz CT molecular complexity index is 1390. The van der Waals surface area contributed by atoms with Crippen molar-refractivity contribution in [2.45, 2.75) is 17.7 Å². The molecule has 0 bridgehead atoms. The number of anilines is 1. The van der Waals surface area contributed by atoms with Crippen molar-refractivity contribution < 1.29 is 13.2 Å². The summed E-state index contributed by atoms with van der Waals surface area (Å²) < 4.78 is 24.5. The molecular formula is C21H16N2O3S2. The van der Waals surface area contributed by atoms with E-state index in [4.69, 9.17) is 0 Å². The van der Waals surface area contributed by atoms with Crippen molar-refractivity contribution in [1.82, 2.24) is 4.98 Å². The predicted octanol–water partition coefficient (Wildman–Crippen LogP) is 4.20. The van der Waals surface area contributed by atoms with Crippen LogP contribution in [0.5, 0.6) is 0 Å². The lowest BCUT2D eigenvalue weighted by atomic mass is 10.0. The van der Waals surface area contributed by atoms with Crippen molar-refractivity contribution in [2.75, 3.05) is 11.6 Å². The van der Waals surface area contributed by atoms with Crippen LogP contribution in [0.1, 0.15) is 21.5 Å². The number of aryl methyl sites for hydroxylation is 2. The quantitative estimate of drug-likeness (QED) is 0.551. The van der Waals surface area contributed by atoms with Crippen molar-refractivity contribution in [3.05, 3.63) is 65.2 Å². The lowest BCUT2D eigenvalue weighted by Crippen LogP contribution is -2.12. The van der Waals surface area contributed by atoms with Crippen LogP contribution < -0.4 is 5.32 Å². The van der Waals surface area contributed by atoms with Gasteiger partial charge in [0.25, 0.3) is 5.91 Å². The maximum atomic E-state index is 12.6. The number of carbonyl (C=O) groups is 1. The molecule has 0 radical (unpaired) electrons. The zero-order valence-corrected chi connectivity index (χ0v) is 16.7. The summed E-state index contributed by atoms with van der Waals surface area (Å²) in [6.45, 7) is 0. The number of carbonyl (C=O) groups excluding carboxylic acids is 1.